The van der Waals surface area contributed by atoms with Crippen LogP contribution in [-0.2, 0) is 25.8 Å². The van der Waals surface area contributed by atoms with Crippen LogP contribution in [0.25, 0.3) is 65.3 Å². The standard InChI is InChI=1S/2C22H19.C3H6.2ClH.Hf/c2*1-15(2)18-13-17-9-6-12-21(22(17)14-18)20-11-5-8-16-7-3-4-10-19(16)20;1-3-2;;;/h2*3-15H,1-2H3;1-3H2;2*1H;/q2*-1;-2;;;+4. The minimum Gasteiger partial charge on any atom is -0.372 e. The quantitative estimate of drug-likeness (QED) is 0.122. The van der Waals surface area contributed by atoms with Crippen LogP contribution in [0.15, 0.2) is 146 Å². The first-order chi connectivity index (χ1) is 22.9. The minimum atomic E-state index is 0. The van der Waals surface area contributed by atoms with E-state index in [1.165, 1.54) is 76.5 Å². The van der Waals surface area contributed by atoms with Gasteiger partial charge < -0.3 is 20.3 Å². The van der Waals surface area contributed by atoms with E-state index in [0.717, 1.165) is 6.42 Å². The normalized spacial score (nSPS) is 10.6. The molecule has 0 heterocycles. The zero-order chi connectivity index (χ0) is 32.9. The first kappa shape index (κ1) is 40.9. The molecule has 3 heteroatoms. The Morgan fingerprint density at radius 2 is 0.740 bits per heavy atom. The summed E-state index contributed by atoms with van der Waals surface area (Å²) in [5.74, 6) is 1.13. The van der Waals surface area contributed by atoms with E-state index in [2.05, 4.69) is 187 Å². The molecule has 0 amide bonds. The van der Waals surface area contributed by atoms with Crippen LogP contribution in [0.5, 0.6) is 0 Å². The van der Waals surface area contributed by atoms with Gasteiger partial charge in [0.15, 0.2) is 0 Å². The molecule has 0 aliphatic heterocycles. The third kappa shape index (κ3) is 8.68. The summed E-state index contributed by atoms with van der Waals surface area (Å²) in [6, 6.07) is 53.0. The third-order valence-electron chi connectivity index (χ3n) is 9.04. The largest absolute Gasteiger partial charge is 4.00 e. The summed E-state index contributed by atoms with van der Waals surface area (Å²) in [5.41, 5.74) is 8.15. The van der Waals surface area contributed by atoms with Gasteiger partial charge in [0, 0.05) is 0 Å². The van der Waals surface area contributed by atoms with Gasteiger partial charge in [-0.1, -0.05) is 136 Å². The number of hydrogen-bond acceptors (Lipinski definition) is 0. The molecule has 0 unspecified atom stereocenters. The summed E-state index contributed by atoms with van der Waals surface area (Å²) in [6.07, 6.45) is 0.750. The van der Waals surface area contributed by atoms with E-state index in [-0.39, 0.29) is 50.7 Å². The molecule has 8 rings (SSSR count). The first-order valence-corrected chi connectivity index (χ1v) is 16.8. The Hall–Kier alpha value is -3.49. The number of hydrogen-bond donors (Lipinski definition) is 0. The van der Waals surface area contributed by atoms with Gasteiger partial charge in [-0.25, -0.2) is 0 Å². The molecule has 8 aromatic rings. The monoisotopic (exact) mass is 860 g/mol. The van der Waals surface area contributed by atoms with Crippen LogP contribution in [0.2, 0.25) is 0 Å². The van der Waals surface area contributed by atoms with Crippen molar-refractivity contribution in [3.05, 3.63) is 171 Å². The van der Waals surface area contributed by atoms with E-state index >= 15 is 0 Å². The zero-order valence-electron chi connectivity index (χ0n) is 29.4. The van der Waals surface area contributed by atoms with Crippen molar-refractivity contribution in [3.8, 4) is 22.3 Å². The minimum absolute atomic E-state index is 0. The Morgan fingerprint density at radius 1 is 0.440 bits per heavy atom. The molecule has 0 aliphatic carbocycles. The van der Waals surface area contributed by atoms with Crippen LogP contribution >= 0.6 is 24.8 Å². The van der Waals surface area contributed by atoms with Crippen LogP contribution in [0.4, 0.5) is 0 Å². The van der Waals surface area contributed by atoms with Gasteiger partial charge in [-0.3, -0.25) is 0 Å². The molecule has 50 heavy (non-hydrogen) atoms. The Morgan fingerprint density at radius 3 is 1.10 bits per heavy atom. The molecule has 0 aliphatic rings. The van der Waals surface area contributed by atoms with Crippen molar-refractivity contribution in [2.45, 2.75) is 46.0 Å². The Kier molecular flexibility index (Phi) is 15.3. The molecule has 8 aromatic carbocycles. The summed E-state index contributed by atoms with van der Waals surface area (Å²) in [4.78, 5) is 0. The fourth-order valence-electron chi connectivity index (χ4n) is 6.57. The van der Waals surface area contributed by atoms with Crippen molar-refractivity contribution in [1.29, 1.82) is 0 Å². The van der Waals surface area contributed by atoms with Gasteiger partial charge >= 0.3 is 25.8 Å². The molecule has 0 atom stereocenters. The van der Waals surface area contributed by atoms with Crippen molar-refractivity contribution >= 4 is 67.9 Å². The van der Waals surface area contributed by atoms with E-state index in [0.29, 0.717) is 11.8 Å². The molecule has 0 radical (unpaired) electrons. The first-order valence-electron chi connectivity index (χ1n) is 16.8. The van der Waals surface area contributed by atoms with Crippen LogP contribution < -0.4 is 0 Å². The molecule has 0 bridgehead atoms. The van der Waals surface area contributed by atoms with Gasteiger partial charge in [0.1, 0.15) is 0 Å². The van der Waals surface area contributed by atoms with Crippen molar-refractivity contribution in [1.82, 2.24) is 0 Å². The van der Waals surface area contributed by atoms with Crippen LogP contribution in [0, 0.1) is 13.8 Å². The maximum Gasteiger partial charge on any atom is 4.00 e. The summed E-state index contributed by atoms with van der Waals surface area (Å²) >= 11 is 0. The van der Waals surface area contributed by atoms with E-state index in [9.17, 15) is 0 Å². The molecule has 0 spiro atoms. The summed E-state index contributed by atoms with van der Waals surface area (Å²) in [5, 5.41) is 10.7. The van der Waals surface area contributed by atoms with Gasteiger partial charge in [-0.2, -0.15) is 12.1 Å². The second-order valence-corrected chi connectivity index (χ2v) is 12.9. The van der Waals surface area contributed by atoms with Crippen molar-refractivity contribution in [2.75, 3.05) is 0 Å². The fourth-order valence-corrected chi connectivity index (χ4v) is 6.57. The second kappa shape index (κ2) is 18.7. The Bertz CT molecular complexity index is 2100. The summed E-state index contributed by atoms with van der Waals surface area (Å²) in [7, 11) is 0. The third-order valence-corrected chi connectivity index (χ3v) is 9.04. The number of benzene rings is 6. The smallest absolute Gasteiger partial charge is 0.372 e. The van der Waals surface area contributed by atoms with Crippen molar-refractivity contribution < 1.29 is 25.8 Å². The number of halogens is 2. The molecular formula is C47H46Cl2Hf. The van der Waals surface area contributed by atoms with Gasteiger partial charge in [0.05, 0.1) is 0 Å². The van der Waals surface area contributed by atoms with Crippen molar-refractivity contribution in [3.63, 3.8) is 0 Å². The zero-order valence-corrected chi connectivity index (χ0v) is 34.7. The molecule has 0 saturated carbocycles. The van der Waals surface area contributed by atoms with E-state index in [1.807, 2.05) is 0 Å². The summed E-state index contributed by atoms with van der Waals surface area (Å²) < 4.78 is 0. The van der Waals surface area contributed by atoms with E-state index in [1.54, 1.807) is 0 Å². The predicted molar refractivity (Wildman–Crippen MR) is 223 cm³/mol. The van der Waals surface area contributed by atoms with Gasteiger partial charge in [-0.05, 0) is 44.5 Å². The SMILES string of the molecule is CC(C)c1cc2c(-c3cccc4ccccc34)cccc2[cH-]1.CC(C)c1cc2c(-c3cccc4ccccc34)cccc2[cH-]1.Cl.Cl.[CH2-]C[CH2-].[Hf+4]. The molecule has 0 nitrogen and oxygen atoms in total. The van der Waals surface area contributed by atoms with Gasteiger partial charge in [0.2, 0.25) is 0 Å². The molecule has 252 valence electrons. The molecule has 0 N–H and O–H groups in total. The Labute approximate surface area is 330 Å². The second-order valence-electron chi connectivity index (χ2n) is 12.9. The maximum atomic E-state index is 3.38. The molecule has 0 saturated heterocycles. The summed E-state index contributed by atoms with van der Waals surface area (Å²) in [6.45, 7) is 15.8. The Balaban J connectivity index is 0.000000238. The molecule has 0 fully saturated rings. The molecule has 0 aromatic heterocycles. The number of rotatable bonds is 4. The van der Waals surface area contributed by atoms with Crippen LogP contribution in [-0.4, -0.2) is 0 Å². The van der Waals surface area contributed by atoms with Gasteiger partial charge in [-0.15, -0.1) is 93.9 Å². The molecular weight excluding hydrogens is 814 g/mol. The van der Waals surface area contributed by atoms with E-state index < -0.39 is 0 Å². The number of fused-ring (bicyclic) bond motifs is 4. The van der Waals surface area contributed by atoms with Crippen LogP contribution in [0.1, 0.15) is 57.1 Å². The van der Waals surface area contributed by atoms with E-state index in [4.69, 9.17) is 0 Å². The maximum absolute atomic E-state index is 3.38. The average Bonchev–Trinajstić information content (AvgIpc) is 3.74. The topological polar surface area (TPSA) is 0 Å². The average molecular weight is 860 g/mol. The van der Waals surface area contributed by atoms with Gasteiger partial charge in [0.25, 0.3) is 0 Å². The fraction of sp³-hybridized carbons (Fsp3) is 0.149. The van der Waals surface area contributed by atoms with Crippen LogP contribution in [0.3, 0.4) is 0 Å². The van der Waals surface area contributed by atoms with Crippen molar-refractivity contribution in [2.24, 2.45) is 0 Å². The predicted octanol–water partition coefficient (Wildman–Crippen LogP) is 14.9.